The van der Waals surface area contributed by atoms with E-state index < -0.39 is 0 Å². The van der Waals surface area contributed by atoms with Gasteiger partial charge in [0, 0.05) is 10.1 Å². The maximum atomic E-state index is 11.8. The monoisotopic (exact) mass is 233 g/mol. The highest BCUT2D eigenvalue weighted by Gasteiger charge is 2.11. The number of hydrogen-bond donors (Lipinski definition) is 1. The molecule has 0 bridgehead atoms. The van der Waals surface area contributed by atoms with Gasteiger partial charge in [0.1, 0.15) is 0 Å². The highest BCUT2D eigenvalue weighted by molar-refractivity contribution is 8.00. The van der Waals surface area contributed by atoms with Crippen molar-refractivity contribution in [1.82, 2.24) is 5.32 Å². The molecule has 1 rings (SSSR count). The van der Waals surface area contributed by atoms with Crippen molar-refractivity contribution in [3.05, 3.63) is 29.8 Å². The average Bonchev–Trinajstić information content (AvgIpc) is 2.26. The van der Waals surface area contributed by atoms with Crippen molar-refractivity contribution in [2.45, 2.75) is 24.0 Å². The molecule has 3 heteroatoms. The molecule has 16 heavy (non-hydrogen) atoms. The number of rotatable bonds is 4. The molecule has 1 N–H and O–H groups in total. The molecule has 84 valence electrons. The summed E-state index contributed by atoms with van der Waals surface area (Å²) in [4.78, 5) is 12.8. The van der Waals surface area contributed by atoms with Gasteiger partial charge in [-0.2, -0.15) is 0 Å². The Morgan fingerprint density at radius 3 is 2.81 bits per heavy atom. The Labute approximate surface area is 101 Å². The number of terminal acetylenes is 1. The normalized spacial score (nSPS) is 9.88. The van der Waals surface area contributed by atoms with Crippen LogP contribution in [-0.4, -0.2) is 17.7 Å². The number of hydrogen-bond acceptors (Lipinski definition) is 2. The third kappa shape index (κ3) is 3.63. The zero-order chi connectivity index (χ0) is 12.0. The maximum Gasteiger partial charge on any atom is 0.253 e. The second-order valence-electron chi connectivity index (χ2n) is 3.55. The van der Waals surface area contributed by atoms with Crippen molar-refractivity contribution in [3.8, 4) is 12.3 Å². The Morgan fingerprint density at radius 1 is 1.50 bits per heavy atom. The second kappa shape index (κ2) is 6.24. The van der Waals surface area contributed by atoms with Crippen LogP contribution in [0.3, 0.4) is 0 Å². The number of benzene rings is 1. The van der Waals surface area contributed by atoms with Gasteiger partial charge in [-0.15, -0.1) is 18.2 Å². The molecule has 0 radical (unpaired) electrons. The number of nitrogens with one attached hydrogen (secondary N) is 1. The van der Waals surface area contributed by atoms with Crippen molar-refractivity contribution in [2.24, 2.45) is 0 Å². The number of carbonyl (C=O) groups excluding carboxylic acids is 1. The number of amides is 1. The summed E-state index contributed by atoms with van der Waals surface area (Å²) in [6.45, 7) is 4.46. The Kier molecular flexibility index (Phi) is 4.94. The second-order valence-corrected chi connectivity index (χ2v) is 5.17. The molecular weight excluding hydrogens is 218 g/mol. The SMILES string of the molecule is C#CCNC(=O)c1ccccc1SC(C)C. The van der Waals surface area contributed by atoms with E-state index in [1.165, 1.54) is 0 Å². The van der Waals surface area contributed by atoms with Gasteiger partial charge in [-0.1, -0.05) is 31.9 Å². The molecule has 0 heterocycles. The van der Waals surface area contributed by atoms with Gasteiger partial charge in [-0.25, -0.2) is 0 Å². The van der Waals surface area contributed by atoms with Gasteiger partial charge in [0.05, 0.1) is 12.1 Å². The summed E-state index contributed by atoms with van der Waals surface area (Å²) in [6.07, 6.45) is 5.10. The van der Waals surface area contributed by atoms with Crippen LogP contribution in [0.15, 0.2) is 29.2 Å². The summed E-state index contributed by atoms with van der Waals surface area (Å²) >= 11 is 1.67. The van der Waals surface area contributed by atoms with E-state index in [0.717, 1.165) is 4.90 Å². The van der Waals surface area contributed by atoms with Gasteiger partial charge >= 0.3 is 0 Å². The molecule has 0 fully saturated rings. The van der Waals surface area contributed by atoms with Crippen molar-refractivity contribution >= 4 is 17.7 Å². The highest BCUT2D eigenvalue weighted by Crippen LogP contribution is 2.26. The smallest absolute Gasteiger partial charge is 0.253 e. The van der Waals surface area contributed by atoms with Crippen LogP contribution in [0.4, 0.5) is 0 Å². The number of carbonyl (C=O) groups is 1. The van der Waals surface area contributed by atoms with Gasteiger partial charge < -0.3 is 5.32 Å². The quantitative estimate of drug-likeness (QED) is 0.639. The van der Waals surface area contributed by atoms with Crippen LogP contribution >= 0.6 is 11.8 Å². The lowest BCUT2D eigenvalue weighted by Gasteiger charge is -2.10. The first-order valence-corrected chi connectivity index (χ1v) is 6.00. The summed E-state index contributed by atoms with van der Waals surface area (Å²) in [6, 6.07) is 7.56. The van der Waals surface area contributed by atoms with Gasteiger partial charge in [0.15, 0.2) is 0 Å². The Balaban J connectivity index is 2.86. The van der Waals surface area contributed by atoms with Crippen LogP contribution in [0, 0.1) is 12.3 Å². The Hall–Kier alpha value is -1.40. The molecule has 0 atom stereocenters. The lowest BCUT2D eigenvalue weighted by Crippen LogP contribution is -2.24. The summed E-state index contributed by atoms with van der Waals surface area (Å²) in [5, 5.41) is 3.12. The molecule has 0 aromatic heterocycles. The molecule has 0 unspecified atom stereocenters. The topological polar surface area (TPSA) is 29.1 Å². The molecule has 1 aromatic rings. The van der Waals surface area contributed by atoms with E-state index in [1.54, 1.807) is 11.8 Å². The summed E-state index contributed by atoms with van der Waals surface area (Å²) < 4.78 is 0. The largest absolute Gasteiger partial charge is 0.341 e. The van der Waals surface area contributed by atoms with Crippen LogP contribution in [0.1, 0.15) is 24.2 Å². The minimum absolute atomic E-state index is 0.110. The predicted octanol–water partition coefficient (Wildman–Crippen LogP) is 2.55. The Morgan fingerprint density at radius 2 is 2.19 bits per heavy atom. The van der Waals surface area contributed by atoms with Crippen LogP contribution < -0.4 is 5.32 Å². The molecule has 0 aliphatic carbocycles. The first kappa shape index (κ1) is 12.7. The third-order valence-corrected chi connectivity index (χ3v) is 2.93. The summed E-state index contributed by atoms with van der Waals surface area (Å²) in [7, 11) is 0. The fourth-order valence-corrected chi connectivity index (χ4v) is 2.19. The lowest BCUT2D eigenvalue weighted by atomic mass is 10.2. The van der Waals surface area contributed by atoms with Crippen LogP contribution in [0.2, 0.25) is 0 Å². The van der Waals surface area contributed by atoms with Gasteiger partial charge in [-0.3, -0.25) is 4.79 Å². The molecule has 0 aliphatic heterocycles. The predicted molar refractivity (Wildman–Crippen MR) is 68.6 cm³/mol. The lowest BCUT2D eigenvalue weighted by molar-refractivity contribution is 0.0956. The van der Waals surface area contributed by atoms with E-state index in [9.17, 15) is 4.79 Å². The molecule has 0 saturated heterocycles. The first-order chi connectivity index (χ1) is 7.65. The van der Waals surface area contributed by atoms with E-state index in [1.807, 2.05) is 24.3 Å². The molecular formula is C13H15NOS. The van der Waals surface area contributed by atoms with Crippen molar-refractivity contribution < 1.29 is 4.79 Å². The van der Waals surface area contributed by atoms with Crippen molar-refractivity contribution in [1.29, 1.82) is 0 Å². The maximum absolute atomic E-state index is 11.8. The molecule has 1 amide bonds. The highest BCUT2D eigenvalue weighted by atomic mass is 32.2. The molecule has 0 spiro atoms. The zero-order valence-electron chi connectivity index (χ0n) is 9.49. The van der Waals surface area contributed by atoms with E-state index in [-0.39, 0.29) is 12.5 Å². The average molecular weight is 233 g/mol. The van der Waals surface area contributed by atoms with E-state index in [0.29, 0.717) is 10.8 Å². The fraction of sp³-hybridized carbons (Fsp3) is 0.308. The third-order valence-electron chi connectivity index (χ3n) is 1.85. The molecule has 2 nitrogen and oxygen atoms in total. The number of thioether (sulfide) groups is 1. The van der Waals surface area contributed by atoms with E-state index in [4.69, 9.17) is 6.42 Å². The minimum atomic E-state index is -0.110. The van der Waals surface area contributed by atoms with Crippen LogP contribution in [0.25, 0.3) is 0 Å². The van der Waals surface area contributed by atoms with Crippen LogP contribution in [0.5, 0.6) is 0 Å². The summed E-state index contributed by atoms with van der Waals surface area (Å²) in [5.41, 5.74) is 0.691. The standard InChI is InChI=1S/C13H15NOS/c1-4-9-14-13(15)11-7-5-6-8-12(11)16-10(2)3/h1,5-8,10H,9H2,2-3H3,(H,14,15). The van der Waals surface area contributed by atoms with Gasteiger partial charge in [-0.05, 0) is 12.1 Å². The Bertz CT molecular complexity index is 407. The molecule has 0 aliphatic rings. The zero-order valence-corrected chi connectivity index (χ0v) is 10.3. The fourth-order valence-electron chi connectivity index (χ4n) is 1.24. The van der Waals surface area contributed by atoms with Crippen LogP contribution in [-0.2, 0) is 0 Å². The van der Waals surface area contributed by atoms with Crippen molar-refractivity contribution in [2.75, 3.05) is 6.54 Å². The van der Waals surface area contributed by atoms with E-state index >= 15 is 0 Å². The van der Waals surface area contributed by atoms with Gasteiger partial charge in [0.2, 0.25) is 0 Å². The minimum Gasteiger partial charge on any atom is -0.341 e. The van der Waals surface area contributed by atoms with E-state index in [2.05, 4.69) is 25.1 Å². The first-order valence-electron chi connectivity index (χ1n) is 5.12. The summed E-state index contributed by atoms with van der Waals surface area (Å²) in [5.74, 6) is 2.28. The van der Waals surface area contributed by atoms with Gasteiger partial charge in [0.25, 0.3) is 5.91 Å². The van der Waals surface area contributed by atoms with Crippen molar-refractivity contribution in [3.63, 3.8) is 0 Å². The molecule has 0 saturated carbocycles. The molecule has 1 aromatic carbocycles.